The van der Waals surface area contributed by atoms with E-state index in [1.54, 1.807) is 24.3 Å². The molecule has 108 valence electrons. The first-order chi connectivity index (χ1) is 9.42. The van der Waals surface area contributed by atoms with Crippen molar-refractivity contribution in [2.24, 2.45) is 0 Å². The first-order valence-electron chi connectivity index (χ1n) is 5.79. The number of ether oxygens (including phenoxy) is 1. The van der Waals surface area contributed by atoms with Crippen molar-refractivity contribution in [3.63, 3.8) is 0 Å². The van der Waals surface area contributed by atoms with Crippen LogP contribution in [0.4, 0.5) is 0 Å². The van der Waals surface area contributed by atoms with Gasteiger partial charge in [-0.05, 0) is 17.7 Å². The lowest BCUT2D eigenvalue weighted by Gasteiger charge is -2.12. The number of methoxy groups -OCH3 is 1. The molecule has 0 saturated heterocycles. The van der Waals surface area contributed by atoms with Gasteiger partial charge in [0.2, 0.25) is 5.91 Å². The van der Waals surface area contributed by atoms with Crippen molar-refractivity contribution in [2.75, 3.05) is 7.11 Å². The van der Waals surface area contributed by atoms with Crippen LogP contribution < -0.4 is 10.1 Å². The fourth-order valence-electron chi connectivity index (χ4n) is 1.55. The second kappa shape index (κ2) is 7.13. The van der Waals surface area contributed by atoms with Crippen molar-refractivity contribution in [3.05, 3.63) is 29.8 Å². The maximum absolute atomic E-state index is 11.7. The highest BCUT2D eigenvalue weighted by Gasteiger charge is 2.22. The molecular weight excluding hydrogens is 266 g/mol. The van der Waals surface area contributed by atoms with Crippen molar-refractivity contribution in [1.82, 2.24) is 5.32 Å². The van der Waals surface area contributed by atoms with Crippen LogP contribution in [0, 0.1) is 0 Å². The van der Waals surface area contributed by atoms with E-state index in [0.29, 0.717) is 11.3 Å². The van der Waals surface area contributed by atoms with Gasteiger partial charge in [0.25, 0.3) is 0 Å². The second-order valence-electron chi connectivity index (χ2n) is 4.08. The standard InChI is InChI=1S/C13H15NO6/c1-20-9-4-2-8(3-5-9)6-11(15)14-10(13(18)19)7-12(16)17/h2-5,10H,6-7H2,1H3,(H,14,15)(H,16,17)(H,18,19)/t10-/m1/s1. The van der Waals surface area contributed by atoms with E-state index >= 15 is 0 Å². The fourth-order valence-corrected chi connectivity index (χ4v) is 1.55. The van der Waals surface area contributed by atoms with Crippen LogP contribution in [0.1, 0.15) is 12.0 Å². The smallest absolute Gasteiger partial charge is 0.326 e. The van der Waals surface area contributed by atoms with E-state index in [2.05, 4.69) is 5.32 Å². The number of carbonyl (C=O) groups excluding carboxylic acids is 1. The number of carbonyl (C=O) groups is 3. The molecule has 1 amide bonds. The van der Waals surface area contributed by atoms with E-state index in [0.717, 1.165) is 0 Å². The minimum Gasteiger partial charge on any atom is -0.497 e. The topological polar surface area (TPSA) is 113 Å². The fraction of sp³-hybridized carbons (Fsp3) is 0.308. The molecule has 7 nitrogen and oxygen atoms in total. The Hall–Kier alpha value is -2.57. The van der Waals surface area contributed by atoms with Crippen LogP contribution in [0.3, 0.4) is 0 Å². The Labute approximate surface area is 115 Å². The molecule has 0 fully saturated rings. The van der Waals surface area contributed by atoms with Crippen molar-refractivity contribution in [3.8, 4) is 5.75 Å². The first-order valence-corrected chi connectivity index (χ1v) is 5.79. The van der Waals surface area contributed by atoms with Crippen LogP contribution in [-0.2, 0) is 20.8 Å². The molecule has 0 aliphatic heterocycles. The number of carboxylic acid groups (broad SMARTS) is 2. The van der Waals surface area contributed by atoms with E-state index in [9.17, 15) is 14.4 Å². The molecular formula is C13H15NO6. The number of hydrogen-bond acceptors (Lipinski definition) is 4. The van der Waals surface area contributed by atoms with E-state index in [1.165, 1.54) is 7.11 Å². The predicted molar refractivity (Wildman–Crippen MR) is 68.5 cm³/mol. The van der Waals surface area contributed by atoms with Crippen molar-refractivity contribution in [1.29, 1.82) is 0 Å². The van der Waals surface area contributed by atoms with Gasteiger partial charge in [0.15, 0.2) is 0 Å². The molecule has 1 aromatic rings. The normalized spacial score (nSPS) is 11.4. The van der Waals surface area contributed by atoms with Gasteiger partial charge in [-0.1, -0.05) is 12.1 Å². The predicted octanol–water partition coefficient (Wildman–Crippen LogP) is 0.282. The molecule has 0 aliphatic rings. The molecule has 7 heteroatoms. The van der Waals surface area contributed by atoms with Gasteiger partial charge in [-0.2, -0.15) is 0 Å². The Balaban J connectivity index is 2.60. The highest BCUT2D eigenvalue weighted by Crippen LogP contribution is 2.11. The van der Waals surface area contributed by atoms with Crippen molar-refractivity contribution < 1.29 is 29.3 Å². The molecule has 3 N–H and O–H groups in total. The highest BCUT2D eigenvalue weighted by atomic mass is 16.5. The molecule has 0 unspecified atom stereocenters. The quantitative estimate of drug-likeness (QED) is 0.661. The summed E-state index contributed by atoms with van der Waals surface area (Å²) in [4.78, 5) is 33.0. The molecule has 0 saturated carbocycles. The summed E-state index contributed by atoms with van der Waals surface area (Å²) in [6.45, 7) is 0. The summed E-state index contributed by atoms with van der Waals surface area (Å²) in [6.07, 6.45) is -0.697. The van der Waals surface area contributed by atoms with E-state index in [-0.39, 0.29) is 6.42 Å². The van der Waals surface area contributed by atoms with Crippen LogP contribution >= 0.6 is 0 Å². The number of rotatable bonds is 7. The van der Waals surface area contributed by atoms with Crippen LogP contribution in [0.15, 0.2) is 24.3 Å². The SMILES string of the molecule is COc1ccc(CC(=O)N[C@H](CC(=O)O)C(=O)O)cc1. The van der Waals surface area contributed by atoms with Crippen molar-refractivity contribution in [2.45, 2.75) is 18.9 Å². The Bertz CT molecular complexity index is 496. The third-order valence-corrected chi connectivity index (χ3v) is 2.54. The van der Waals surface area contributed by atoms with Crippen LogP contribution in [-0.4, -0.2) is 41.2 Å². The van der Waals surface area contributed by atoms with Gasteiger partial charge < -0.3 is 20.3 Å². The summed E-state index contributed by atoms with van der Waals surface area (Å²) in [7, 11) is 1.52. The molecule has 1 aromatic carbocycles. The second-order valence-corrected chi connectivity index (χ2v) is 4.08. The minimum atomic E-state index is -1.43. The molecule has 0 heterocycles. The maximum atomic E-state index is 11.7. The van der Waals surface area contributed by atoms with Gasteiger partial charge in [-0.3, -0.25) is 9.59 Å². The zero-order valence-corrected chi connectivity index (χ0v) is 10.8. The Morgan fingerprint density at radius 1 is 1.20 bits per heavy atom. The van der Waals surface area contributed by atoms with Crippen LogP contribution in [0.2, 0.25) is 0 Å². The summed E-state index contributed by atoms with van der Waals surface area (Å²) in [6, 6.07) is 5.26. The van der Waals surface area contributed by atoms with Gasteiger partial charge in [-0.15, -0.1) is 0 Å². The van der Waals surface area contributed by atoms with E-state index in [1.807, 2.05) is 0 Å². The minimum absolute atomic E-state index is 0.0343. The Morgan fingerprint density at radius 2 is 1.80 bits per heavy atom. The number of aliphatic carboxylic acids is 2. The average molecular weight is 281 g/mol. The zero-order valence-electron chi connectivity index (χ0n) is 10.8. The monoisotopic (exact) mass is 281 g/mol. The summed E-state index contributed by atoms with van der Waals surface area (Å²) in [5, 5.41) is 19.5. The highest BCUT2D eigenvalue weighted by molar-refractivity contribution is 5.87. The molecule has 0 bridgehead atoms. The largest absolute Gasteiger partial charge is 0.497 e. The third kappa shape index (κ3) is 4.97. The maximum Gasteiger partial charge on any atom is 0.326 e. The van der Waals surface area contributed by atoms with E-state index in [4.69, 9.17) is 14.9 Å². The van der Waals surface area contributed by atoms with Gasteiger partial charge in [0, 0.05) is 0 Å². The molecule has 1 rings (SSSR count). The third-order valence-electron chi connectivity index (χ3n) is 2.54. The average Bonchev–Trinajstić information content (AvgIpc) is 2.38. The molecule has 0 spiro atoms. The number of benzene rings is 1. The zero-order chi connectivity index (χ0) is 15.1. The van der Waals surface area contributed by atoms with Crippen LogP contribution in [0.25, 0.3) is 0 Å². The van der Waals surface area contributed by atoms with Crippen LogP contribution in [0.5, 0.6) is 5.75 Å². The molecule has 0 aliphatic carbocycles. The lowest BCUT2D eigenvalue weighted by atomic mass is 10.1. The number of amides is 1. The summed E-state index contributed by atoms with van der Waals surface area (Å²) < 4.78 is 4.97. The lowest BCUT2D eigenvalue weighted by Crippen LogP contribution is -2.42. The lowest BCUT2D eigenvalue weighted by molar-refractivity contribution is -0.147. The van der Waals surface area contributed by atoms with E-state index < -0.39 is 30.3 Å². The molecule has 0 radical (unpaired) electrons. The van der Waals surface area contributed by atoms with Gasteiger partial charge in [0.1, 0.15) is 11.8 Å². The number of nitrogens with one attached hydrogen (secondary N) is 1. The van der Waals surface area contributed by atoms with Gasteiger partial charge in [-0.25, -0.2) is 4.79 Å². The first kappa shape index (κ1) is 15.5. The van der Waals surface area contributed by atoms with Gasteiger partial charge in [0.05, 0.1) is 20.0 Å². The number of hydrogen-bond donors (Lipinski definition) is 3. The number of carboxylic acids is 2. The summed E-state index contributed by atoms with van der Waals surface area (Å²) >= 11 is 0. The molecule has 1 atom stereocenters. The Kier molecular flexibility index (Phi) is 5.52. The molecule has 0 aromatic heterocycles. The van der Waals surface area contributed by atoms with Crippen molar-refractivity contribution >= 4 is 17.8 Å². The molecule has 20 heavy (non-hydrogen) atoms. The summed E-state index contributed by atoms with van der Waals surface area (Å²) in [5.74, 6) is -2.58. The summed E-state index contributed by atoms with van der Waals surface area (Å²) in [5.41, 5.74) is 0.669. The van der Waals surface area contributed by atoms with Gasteiger partial charge >= 0.3 is 11.9 Å². The Morgan fingerprint density at radius 3 is 2.25 bits per heavy atom.